The van der Waals surface area contributed by atoms with Crippen molar-refractivity contribution < 1.29 is 24.5 Å². The van der Waals surface area contributed by atoms with Gasteiger partial charge in [0.1, 0.15) is 6.04 Å². The normalized spacial score (nSPS) is 17.8. The van der Waals surface area contributed by atoms with Gasteiger partial charge in [0.2, 0.25) is 11.8 Å². The van der Waals surface area contributed by atoms with Crippen LogP contribution in [0.5, 0.6) is 5.88 Å². The fourth-order valence-electron chi connectivity index (χ4n) is 6.69. The average molecular weight is 705 g/mol. The summed E-state index contributed by atoms with van der Waals surface area (Å²) in [6.45, 7) is 0.706. The smallest absolute Gasteiger partial charge is 0.320 e. The lowest BCUT2D eigenvalue weighted by Crippen LogP contribution is -2.38. The van der Waals surface area contributed by atoms with E-state index in [1.807, 2.05) is 36.4 Å². The Balaban J connectivity index is 1.24. The van der Waals surface area contributed by atoms with Crippen molar-refractivity contribution in [2.45, 2.75) is 63.2 Å². The minimum atomic E-state index is -1.04. The Morgan fingerprint density at radius 1 is 1.06 bits per heavy atom. The van der Waals surface area contributed by atoms with Gasteiger partial charge in [-0.1, -0.05) is 59.6 Å². The number of fused-ring (bicyclic) bond motifs is 1. The minimum Gasteiger partial charge on any atom is -0.481 e. The first kappa shape index (κ1) is 34.8. The number of rotatable bonds is 13. The largest absolute Gasteiger partial charge is 0.481 e. The quantitative estimate of drug-likeness (QED) is 0.114. The Morgan fingerprint density at radius 3 is 2.63 bits per heavy atom. The molecule has 0 bridgehead atoms. The summed E-state index contributed by atoms with van der Waals surface area (Å²) in [5.74, 6) is -0.581. The molecule has 0 radical (unpaired) electrons. The molecule has 1 aliphatic carbocycles. The van der Waals surface area contributed by atoms with Crippen molar-refractivity contribution in [1.82, 2.24) is 25.9 Å². The molecule has 5 N–H and O–H groups in total. The summed E-state index contributed by atoms with van der Waals surface area (Å²) in [7, 11) is 1.50. The third-order valence-corrected chi connectivity index (χ3v) is 10.1. The molecule has 2 aromatic heterocycles. The van der Waals surface area contributed by atoms with Crippen LogP contribution in [0, 0.1) is 0 Å². The van der Waals surface area contributed by atoms with Gasteiger partial charge in [0.05, 0.1) is 28.5 Å². The van der Waals surface area contributed by atoms with Gasteiger partial charge >= 0.3 is 5.97 Å². The van der Waals surface area contributed by atoms with E-state index >= 15 is 0 Å². The summed E-state index contributed by atoms with van der Waals surface area (Å²) in [6.07, 6.45) is 6.38. The van der Waals surface area contributed by atoms with Gasteiger partial charge in [0.25, 0.3) is 0 Å². The third kappa shape index (κ3) is 7.74. The SMILES string of the molecule is COc1nc(-c2cccc(-c3ccnc(-c4ccc5c(c4)CCC[C@H]5NC[C@H]4CCC(=O)N4)c3Cl)c2Cl)ccc1CN[C@H](CCO)C(=O)O. The highest BCUT2D eigenvalue weighted by molar-refractivity contribution is 6.39. The van der Waals surface area contributed by atoms with Gasteiger partial charge in [0, 0.05) is 72.2 Å². The first-order valence-corrected chi connectivity index (χ1v) is 17.2. The molecule has 2 aromatic carbocycles. The molecule has 1 saturated heterocycles. The van der Waals surface area contributed by atoms with Crippen LogP contribution in [0.25, 0.3) is 33.6 Å². The molecule has 1 fully saturated rings. The van der Waals surface area contributed by atoms with Gasteiger partial charge in [-0.2, -0.15) is 0 Å². The maximum absolute atomic E-state index is 11.6. The molecule has 3 heterocycles. The standard InChI is InChI=1S/C37H39Cl2N5O5/c1-49-36-23(19-41-31(15-17-45)37(47)48)9-12-30(44-36)28-6-3-5-26(33(28)38)27-14-16-40-35(34(27)39)22-8-11-25-21(18-22)4-2-7-29(25)42-20-24-10-13-32(46)43-24/h3,5-6,8-9,11-12,14,16,18,24,29,31,41-42,45H,2,4,7,10,13,15,17,19-20H2,1H3,(H,43,46)(H,47,48)/t24-,29-,31-/m1/s1. The van der Waals surface area contributed by atoms with Crippen LogP contribution in [-0.4, -0.2) is 64.4 Å². The van der Waals surface area contributed by atoms with Crippen LogP contribution in [0.3, 0.4) is 0 Å². The van der Waals surface area contributed by atoms with E-state index in [0.29, 0.717) is 44.9 Å². The van der Waals surface area contributed by atoms with Crippen molar-refractivity contribution in [2.24, 2.45) is 0 Å². The maximum Gasteiger partial charge on any atom is 0.320 e. The number of aromatic nitrogens is 2. The number of carboxylic acids is 1. The number of benzene rings is 2. The molecule has 10 nitrogen and oxygen atoms in total. The number of aryl methyl sites for hydroxylation is 1. The highest BCUT2D eigenvalue weighted by atomic mass is 35.5. The number of pyridine rings is 2. The minimum absolute atomic E-state index is 0.0819. The number of aliphatic hydroxyl groups excluding tert-OH is 1. The van der Waals surface area contributed by atoms with E-state index in [-0.39, 0.29) is 37.6 Å². The van der Waals surface area contributed by atoms with E-state index in [4.69, 9.17) is 27.9 Å². The van der Waals surface area contributed by atoms with Crippen LogP contribution in [0.15, 0.2) is 60.8 Å². The third-order valence-electron chi connectivity index (χ3n) is 9.27. The zero-order valence-corrected chi connectivity index (χ0v) is 28.7. The molecular formula is C37H39Cl2N5O5. The Kier molecular flexibility index (Phi) is 11.1. The highest BCUT2D eigenvalue weighted by Crippen LogP contribution is 2.42. The van der Waals surface area contributed by atoms with Gasteiger partial charge in [-0.3, -0.25) is 14.6 Å². The molecule has 0 unspecified atom stereocenters. The monoisotopic (exact) mass is 703 g/mol. The number of methoxy groups -OCH3 is 1. The molecule has 0 spiro atoms. The molecule has 6 rings (SSSR count). The average Bonchev–Trinajstić information content (AvgIpc) is 3.53. The number of hydrogen-bond donors (Lipinski definition) is 5. The summed E-state index contributed by atoms with van der Waals surface area (Å²) < 4.78 is 5.55. The number of carbonyl (C=O) groups excluding carboxylic acids is 1. The zero-order valence-electron chi connectivity index (χ0n) is 27.1. The van der Waals surface area contributed by atoms with Crippen LogP contribution in [0.2, 0.25) is 10.0 Å². The molecule has 12 heteroatoms. The first-order chi connectivity index (χ1) is 23.8. The number of nitrogens with zero attached hydrogens (tertiary/aromatic N) is 2. The number of ether oxygens (including phenoxy) is 1. The van der Waals surface area contributed by atoms with Gasteiger partial charge in [-0.05, 0) is 61.4 Å². The van der Waals surface area contributed by atoms with Gasteiger partial charge in [-0.25, -0.2) is 4.98 Å². The molecule has 1 amide bonds. The molecule has 3 atom stereocenters. The number of hydrogen-bond acceptors (Lipinski definition) is 8. The number of carboxylic acid groups (broad SMARTS) is 1. The molecule has 4 aromatic rings. The molecule has 0 saturated carbocycles. The van der Waals surface area contributed by atoms with Crippen molar-refractivity contribution in [3.8, 4) is 39.5 Å². The summed E-state index contributed by atoms with van der Waals surface area (Å²) in [4.78, 5) is 32.5. The van der Waals surface area contributed by atoms with Crippen LogP contribution in [0.4, 0.5) is 0 Å². The Hall–Kier alpha value is -4.06. The maximum atomic E-state index is 11.6. The lowest BCUT2D eigenvalue weighted by molar-refractivity contribution is -0.140. The highest BCUT2D eigenvalue weighted by Gasteiger charge is 2.26. The second-order valence-corrected chi connectivity index (χ2v) is 13.2. The van der Waals surface area contributed by atoms with Crippen molar-refractivity contribution in [3.63, 3.8) is 0 Å². The van der Waals surface area contributed by atoms with E-state index in [1.54, 1.807) is 6.20 Å². The number of halogens is 2. The van der Waals surface area contributed by atoms with Crippen LogP contribution in [0.1, 0.15) is 54.8 Å². The Labute approximate surface area is 295 Å². The molecular weight excluding hydrogens is 665 g/mol. The summed E-state index contributed by atoms with van der Waals surface area (Å²) >= 11 is 14.2. The summed E-state index contributed by atoms with van der Waals surface area (Å²) in [5, 5.41) is 29.2. The molecule has 1 aliphatic heterocycles. The van der Waals surface area contributed by atoms with Crippen molar-refractivity contribution in [2.75, 3.05) is 20.3 Å². The first-order valence-electron chi connectivity index (χ1n) is 16.5. The van der Waals surface area contributed by atoms with E-state index in [1.165, 1.54) is 18.2 Å². The molecule has 2 aliphatic rings. The van der Waals surface area contributed by atoms with Crippen LogP contribution in [-0.2, 0) is 22.6 Å². The van der Waals surface area contributed by atoms with Crippen molar-refractivity contribution >= 4 is 35.1 Å². The second kappa shape index (κ2) is 15.7. The lowest BCUT2D eigenvalue weighted by Gasteiger charge is -2.28. The number of aliphatic carboxylic acids is 1. The molecule has 256 valence electrons. The van der Waals surface area contributed by atoms with Crippen molar-refractivity contribution in [1.29, 1.82) is 0 Å². The number of nitrogens with one attached hydrogen (secondary N) is 3. The lowest BCUT2D eigenvalue weighted by atomic mass is 9.86. The fraction of sp³-hybridized carbons (Fsp3) is 0.351. The fourth-order valence-corrected chi connectivity index (χ4v) is 7.33. The predicted molar refractivity (Wildman–Crippen MR) is 190 cm³/mol. The van der Waals surface area contributed by atoms with E-state index in [0.717, 1.165) is 48.9 Å². The Bertz CT molecular complexity index is 1850. The van der Waals surface area contributed by atoms with Gasteiger partial charge in [-0.15, -0.1) is 0 Å². The van der Waals surface area contributed by atoms with Gasteiger partial charge in [0.15, 0.2) is 0 Å². The number of aliphatic hydroxyl groups is 1. The van der Waals surface area contributed by atoms with Crippen LogP contribution >= 0.6 is 23.2 Å². The summed E-state index contributed by atoms with van der Waals surface area (Å²) in [6, 6.07) is 17.1. The number of carbonyl (C=O) groups is 2. The predicted octanol–water partition coefficient (Wildman–Crippen LogP) is 5.96. The van der Waals surface area contributed by atoms with E-state index in [9.17, 15) is 19.8 Å². The second-order valence-electron chi connectivity index (χ2n) is 12.4. The topological polar surface area (TPSA) is 146 Å². The number of amides is 1. The summed E-state index contributed by atoms with van der Waals surface area (Å²) in [5.41, 5.74) is 7.55. The van der Waals surface area contributed by atoms with Crippen LogP contribution < -0.4 is 20.7 Å². The molecule has 49 heavy (non-hydrogen) atoms. The van der Waals surface area contributed by atoms with E-state index < -0.39 is 12.0 Å². The van der Waals surface area contributed by atoms with Gasteiger partial charge < -0.3 is 30.9 Å². The van der Waals surface area contributed by atoms with Crippen molar-refractivity contribution in [3.05, 3.63) is 87.5 Å². The zero-order chi connectivity index (χ0) is 34.5. The van der Waals surface area contributed by atoms with E-state index in [2.05, 4.69) is 44.1 Å². The Morgan fingerprint density at radius 2 is 1.88 bits per heavy atom.